The van der Waals surface area contributed by atoms with Crippen LogP contribution in [-0.4, -0.2) is 41.7 Å². The Labute approximate surface area is 125 Å². The summed E-state index contributed by atoms with van der Waals surface area (Å²) in [6.07, 6.45) is 2.27. The fourth-order valence-corrected chi connectivity index (χ4v) is 2.92. The van der Waals surface area contributed by atoms with Gasteiger partial charge in [0.25, 0.3) is 0 Å². The summed E-state index contributed by atoms with van der Waals surface area (Å²) in [7, 11) is 0. The molecule has 1 heterocycles. The molecule has 2 rings (SSSR count). The van der Waals surface area contributed by atoms with E-state index < -0.39 is 11.8 Å². The number of nitrogens with zero attached hydrogens (tertiary/aromatic N) is 1. The van der Waals surface area contributed by atoms with Crippen molar-refractivity contribution < 1.29 is 14.3 Å². The van der Waals surface area contributed by atoms with E-state index in [2.05, 4.69) is 17.1 Å². The number of carboxylic acids is 1. The topological polar surface area (TPSA) is 52.6 Å². The van der Waals surface area contributed by atoms with Crippen LogP contribution >= 0.6 is 0 Å². The number of rotatable bonds is 5. The first kappa shape index (κ1) is 15.8. The second-order valence-electron chi connectivity index (χ2n) is 5.73. The minimum atomic E-state index is -1.04. The number of carboxylic acid groups (broad SMARTS) is 1. The van der Waals surface area contributed by atoms with Gasteiger partial charge in [-0.2, -0.15) is 0 Å². The van der Waals surface area contributed by atoms with Gasteiger partial charge in [0.05, 0.1) is 11.3 Å². The molecule has 2 N–H and O–H groups in total. The third-order valence-corrected chi connectivity index (χ3v) is 4.29. The Balaban J connectivity index is 2.06. The summed E-state index contributed by atoms with van der Waals surface area (Å²) in [5.41, 5.74) is 0.376. The molecule has 0 saturated carbocycles. The molecule has 1 aromatic rings. The Hall–Kier alpha value is -1.62. The van der Waals surface area contributed by atoms with E-state index in [1.165, 1.54) is 18.2 Å². The van der Waals surface area contributed by atoms with Crippen molar-refractivity contribution in [2.24, 2.45) is 5.92 Å². The van der Waals surface area contributed by atoms with Gasteiger partial charge in [0, 0.05) is 12.6 Å². The van der Waals surface area contributed by atoms with Crippen LogP contribution in [0.5, 0.6) is 0 Å². The molecule has 116 valence electrons. The minimum Gasteiger partial charge on any atom is -0.478 e. The number of anilines is 1. The highest BCUT2D eigenvalue weighted by atomic mass is 19.1. The third-order valence-electron chi connectivity index (χ3n) is 4.29. The van der Waals surface area contributed by atoms with Crippen molar-refractivity contribution in [2.75, 3.05) is 25.0 Å². The molecule has 21 heavy (non-hydrogen) atoms. The van der Waals surface area contributed by atoms with Crippen LogP contribution in [-0.2, 0) is 0 Å². The molecule has 5 heteroatoms. The van der Waals surface area contributed by atoms with Crippen molar-refractivity contribution >= 4 is 11.7 Å². The molecular weight excluding hydrogens is 271 g/mol. The Kier molecular flexibility index (Phi) is 5.17. The van der Waals surface area contributed by atoms with E-state index in [9.17, 15) is 9.18 Å². The molecule has 1 aromatic carbocycles. The zero-order valence-electron chi connectivity index (χ0n) is 12.6. The van der Waals surface area contributed by atoms with Gasteiger partial charge in [-0.25, -0.2) is 9.18 Å². The largest absolute Gasteiger partial charge is 0.478 e. The van der Waals surface area contributed by atoms with Crippen molar-refractivity contribution in [3.63, 3.8) is 0 Å². The molecular formula is C16H23FN2O2. The number of benzene rings is 1. The van der Waals surface area contributed by atoms with Crippen molar-refractivity contribution in [2.45, 2.75) is 32.7 Å². The van der Waals surface area contributed by atoms with Gasteiger partial charge < -0.3 is 15.3 Å². The molecule has 0 aliphatic carbocycles. The lowest BCUT2D eigenvalue weighted by Crippen LogP contribution is -2.41. The highest BCUT2D eigenvalue weighted by Gasteiger charge is 2.24. The smallest absolute Gasteiger partial charge is 0.335 e. The van der Waals surface area contributed by atoms with Gasteiger partial charge in [0.2, 0.25) is 0 Å². The standard InChI is InChI=1S/C16H23FN2O2/c1-3-19-8-4-5-13(10-19)11(2)18-15-9-12(16(20)21)6-7-14(15)17/h6-7,9,11,13,18H,3-5,8,10H2,1-2H3,(H,20,21). The summed E-state index contributed by atoms with van der Waals surface area (Å²) in [4.78, 5) is 13.4. The molecule has 1 fully saturated rings. The number of halogens is 1. The lowest BCUT2D eigenvalue weighted by Gasteiger charge is -2.35. The van der Waals surface area contributed by atoms with Gasteiger partial charge in [-0.3, -0.25) is 0 Å². The van der Waals surface area contributed by atoms with Crippen molar-refractivity contribution in [1.29, 1.82) is 0 Å². The van der Waals surface area contributed by atoms with E-state index in [1.54, 1.807) is 0 Å². The van der Waals surface area contributed by atoms with Gasteiger partial charge in [-0.15, -0.1) is 0 Å². The monoisotopic (exact) mass is 294 g/mol. The summed E-state index contributed by atoms with van der Waals surface area (Å²) in [6, 6.07) is 3.97. The second kappa shape index (κ2) is 6.89. The molecule has 2 unspecified atom stereocenters. The Morgan fingerprint density at radius 3 is 3.00 bits per heavy atom. The number of hydrogen-bond acceptors (Lipinski definition) is 3. The maximum absolute atomic E-state index is 13.8. The highest BCUT2D eigenvalue weighted by Crippen LogP contribution is 2.24. The predicted molar refractivity (Wildman–Crippen MR) is 81.3 cm³/mol. The van der Waals surface area contributed by atoms with E-state index in [0.29, 0.717) is 5.92 Å². The van der Waals surface area contributed by atoms with Crippen LogP contribution in [0.25, 0.3) is 0 Å². The van der Waals surface area contributed by atoms with Crippen LogP contribution in [0.3, 0.4) is 0 Å². The van der Waals surface area contributed by atoms with Crippen molar-refractivity contribution in [1.82, 2.24) is 4.90 Å². The normalized spacial score (nSPS) is 21.0. The second-order valence-corrected chi connectivity index (χ2v) is 5.73. The minimum absolute atomic E-state index is 0.102. The number of carbonyl (C=O) groups is 1. The summed E-state index contributed by atoms with van der Waals surface area (Å²) < 4.78 is 13.8. The van der Waals surface area contributed by atoms with Gasteiger partial charge in [0.1, 0.15) is 5.82 Å². The first-order valence-corrected chi connectivity index (χ1v) is 7.53. The summed E-state index contributed by atoms with van der Waals surface area (Å²) in [5.74, 6) is -0.998. The lowest BCUT2D eigenvalue weighted by atomic mass is 9.91. The van der Waals surface area contributed by atoms with E-state index in [1.807, 2.05) is 6.92 Å². The number of nitrogens with one attached hydrogen (secondary N) is 1. The third kappa shape index (κ3) is 3.94. The molecule has 0 radical (unpaired) electrons. The SMILES string of the molecule is CCN1CCCC(C(C)Nc2cc(C(=O)O)ccc2F)C1. The van der Waals surface area contributed by atoms with E-state index >= 15 is 0 Å². The zero-order valence-corrected chi connectivity index (χ0v) is 12.6. The fraction of sp³-hybridized carbons (Fsp3) is 0.562. The number of aromatic carboxylic acids is 1. The van der Waals surface area contributed by atoms with Crippen LogP contribution in [0.4, 0.5) is 10.1 Å². The van der Waals surface area contributed by atoms with Crippen LogP contribution in [0.2, 0.25) is 0 Å². The van der Waals surface area contributed by atoms with Crippen LogP contribution in [0, 0.1) is 11.7 Å². The Morgan fingerprint density at radius 2 is 2.33 bits per heavy atom. The van der Waals surface area contributed by atoms with E-state index in [-0.39, 0.29) is 17.3 Å². The summed E-state index contributed by atoms with van der Waals surface area (Å²) in [5, 5.41) is 12.1. The molecule has 1 saturated heterocycles. The van der Waals surface area contributed by atoms with E-state index in [4.69, 9.17) is 5.11 Å². The van der Waals surface area contributed by atoms with Gasteiger partial charge >= 0.3 is 5.97 Å². The van der Waals surface area contributed by atoms with Crippen molar-refractivity contribution in [3.05, 3.63) is 29.6 Å². The highest BCUT2D eigenvalue weighted by molar-refractivity contribution is 5.88. The quantitative estimate of drug-likeness (QED) is 0.876. The van der Waals surface area contributed by atoms with E-state index in [0.717, 1.165) is 32.5 Å². The first-order valence-electron chi connectivity index (χ1n) is 7.53. The molecule has 1 aliphatic rings. The molecule has 1 aliphatic heterocycles. The number of likely N-dealkylation sites (tertiary alicyclic amines) is 1. The number of piperidine rings is 1. The maximum atomic E-state index is 13.8. The first-order chi connectivity index (χ1) is 10.0. The zero-order chi connectivity index (χ0) is 15.4. The molecule has 0 bridgehead atoms. The molecule has 0 aromatic heterocycles. The maximum Gasteiger partial charge on any atom is 0.335 e. The molecule has 2 atom stereocenters. The summed E-state index contributed by atoms with van der Waals surface area (Å²) >= 11 is 0. The average molecular weight is 294 g/mol. The van der Waals surface area contributed by atoms with Gasteiger partial charge in [0.15, 0.2) is 0 Å². The van der Waals surface area contributed by atoms with Gasteiger partial charge in [-0.05, 0) is 57.0 Å². The average Bonchev–Trinajstić information content (AvgIpc) is 2.49. The van der Waals surface area contributed by atoms with Crippen molar-refractivity contribution in [3.8, 4) is 0 Å². The fourth-order valence-electron chi connectivity index (χ4n) is 2.92. The Bertz CT molecular complexity index is 507. The molecule has 4 nitrogen and oxygen atoms in total. The summed E-state index contributed by atoms with van der Waals surface area (Å²) in [6.45, 7) is 7.35. The van der Waals surface area contributed by atoms with Crippen LogP contribution < -0.4 is 5.32 Å². The van der Waals surface area contributed by atoms with Crippen LogP contribution in [0.1, 0.15) is 37.0 Å². The number of hydrogen-bond donors (Lipinski definition) is 2. The molecule has 0 spiro atoms. The van der Waals surface area contributed by atoms with Crippen LogP contribution in [0.15, 0.2) is 18.2 Å². The van der Waals surface area contributed by atoms with Gasteiger partial charge in [-0.1, -0.05) is 6.92 Å². The predicted octanol–water partition coefficient (Wildman–Crippen LogP) is 3.06. The Morgan fingerprint density at radius 1 is 1.57 bits per heavy atom. The lowest BCUT2D eigenvalue weighted by molar-refractivity contribution is 0.0697. The molecule has 0 amide bonds.